The summed E-state index contributed by atoms with van der Waals surface area (Å²) in [5.74, 6) is -1.45. The van der Waals surface area contributed by atoms with E-state index in [1.165, 1.54) is 6.20 Å². The molecule has 0 aliphatic rings. The SMILES string of the molecule is O=C(O)c1ncc(Br)c(I)c1C(F)F. The fraction of sp³-hybridized carbons (Fsp3) is 0.143. The van der Waals surface area contributed by atoms with Crippen LogP contribution in [0.5, 0.6) is 0 Å². The first kappa shape index (κ1) is 11.8. The minimum Gasteiger partial charge on any atom is -0.476 e. The first-order valence-corrected chi connectivity index (χ1v) is 5.17. The highest BCUT2D eigenvalue weighted by Crippen LogP contribution is 2.31. The summed E-state index contributed by atoms with van der Waals surface area (Å²) in [5, 5.41) is 8.62. The van der Waals surface area contributed by atoms with Gasteiger partial charge in [-0.15, -0.1) is 0 Å². The minimum atomic E-state index is -2.85. The van der Waals surface area contributed by atoms with Crippen LogP contribution in [-0.4, -0.2) is 16.1 Å². The number of aromatic carboxylic acids is 1. The van der Waals surface area contributed by atoms with Crippen LogP contribution < -0.4 is 0 Å². The topological polar surface area (TPSA) is 50.2 Å². The molecule has 1 rings (SSSR count). The molecule has 0 saturated heterocycles. The van der Waals surface area contributed by atoms with Gasteiger partial charge < -0.3 is 5.11 Å². The lowest BCUT2D eigenvalue weighted by atomic mass is 10.2. The van der Waals surface area contributed by atoms with E-state index >= 15 is 0 Å². The Morgan fingerprint density at radius 2 is 2.21 bits per heavy atom. The van der Waals surface area contributed by atoms with Gasteiger partial charge >= 0.3 is 5.97 Å². The Bertz CT molecular complexity index is 386. The van der Waals surface area contributed by atoms with Gasteiger partial charge in [0.2, 0.25) is 0 Å². The second-order valence-electron chi connectivity index (χ2n) is 2.29. The van der Waals surface area contributed by atoms with E-state index in [9.17, 15) is 13.6 Å². The summed E-state index contributed by atoms with van der Waals surface area (Å²) < 4.78 is 25.5. The molecule has 0 aliphatic heterocycles. The number of aromatic nitrogens is 1. The molecule has 0 unspecified atom stereocenters. The molecule has 0 bridgehead atoms. The van der Waals surface area contributed by atoms with Crippen LogP contribution in [0.1, 0.15) is 22.5 Å². The molecule has 7 heteroatoms. The second kappa shape index (κ2) is 4.47. The number of hydrogen-bond donors (Lipinski definition) is 1. The Labute approximate surface area is 99.8 Å². The van der Waals surface area contributed by atoms with Gasteiger partial charge in [0.15, 0.2) is 5.69 Å². The van der Waals surface area contributed by atoms with Crippen molar-refractivity contribution in [3.63, 3.8) is 0 Å². The van der Waals surface area contributed by atoms with E-state index < -0.39 is 23.7 Å². The smallest absolute Gasteiger partial charge is 0.355 e. The third kappa shape index (κ3) is 2.19. The predicted molar refractivity (Wildman–Crippen MR) is 56.6 cm³/mol. The second-order valence-corrected chi connectivity index (χ2v) is 4.22. The summed E-state index contributed by atoms with van der Waals surface area (Å²) >= 11 is 4.65. The Kier molecular flexibility index (Phi) is 3.76. The monoisotopic (exact) mass is 377 g/mol. The number of carboxylic acids is 1. The molecular formula is C7H3BrF2INO2. The Morgan fingerprint density at radius 3 is 2.64 bits per heavy atom. The number of hydrogen-bond acceptors (Lipinski definition) is 2. The Hall–Kier alpha value is -0.310. The van der Waals surface area contributed by atoms with Crippen molar-refractivity contribution in [3.05, 3.63) is 25.5 Å². The fourth-order valence-corrected chi connectivity index (χ4v) is 1.80. The standard InChI is InChI=1S/C7H3BrF2INO2/c8-2-1-12-5(7(13)14)3(4(2)11)6(9)10/h1,6H,(H,13,14). The maximum Gasteiger partial charge on any atom is 0.355 e. The van der Waals surface area contributed by atoms with Gasteiger partial charge in [0.25, 0.3) is 6.43 Å². The van der Waals surface area contributed by atoms with Crippen LogP contribution in [0.4, 0.5) is 8.78 Å². The molecule has 0 fully saturated rings. The highest BCUT2D eigenvalue weighted by Gasteiger charge is 2.23. The number of rotatable bonds is 2. The van der Waals surface area contributed by atoms with Gasteiger partial charge in [-0.3, -0.25) is 0 Å². The normalized spacial score (nSPS) is 10.6. The van der Waals surface area contributed by atoms with Crippen molar-refractivity contribution in [2.45, 2.75) is 6.43 Å². The lowest BCUT2D eigenvalue weighted by molar-refractivity contribution is 0.0676. The summed E-state index contributed by atoms with van der Waals surface area (Å²) in [7, 11) is 0. The molecule has 0 aliphatic carbocycles. The number of carbonyl (C=O) groups is 1. The molecule has 1 N–H and O–H groups in total. The van der Waals surface area contributed by atoms with E-state index in [1.54, 1.807) is 22.6 Å². The van der Waals surface area contributed by atoms with Crippen molar-refractivity contribution in [1.82, 2.24) is 4.98 Å². The van der Waals surface area contributed by atoms with Crippen LogP contribution in [0, 0.1) is 3.57 Å². The van der Waals surface area contributed by atoms with Gasteiger partial charge in [0, 0.05) is 14.2 Å². The lowest BCUT2D eigenvalue weighted by Gasteiger charge is -2.07. The Balaban J connectivity index is 3.45. The lowest BCUT2D eigenvalue weighted by Crippen LogP contribution is -2.08. The molecule has 1 aromatic rings. The molecule has 0 aromatic carbocycles. The number of carboxylic acid groups (broad SMARTS) is 1. The average molecular weight is 378 g/mol. The van der Waals surface area contributed by atoms with Crippen molar-refractivity contribution in [2.75, 3.05) is 0 Å². The van der Waals surface area contributed by atoms with Crippen molar-refractivity contribution in [3.8, 4) is 0 Å². The van der Waals surface area contributed by atoms with E-state index in [4.69, 9.17) is 5.11 Å². The van der Waals surface area contributed by atoms with E-state index in [2.05, 4.69) is 20.9 Å². The highest BCUT2D eigenvalue weighted by atomic mass is 127. The van der Waals surface area contributed by atoms with Crippen LogP contribution in [0.15, 0.2) is 10.7 Å². The summed E-state index contributed by atoms with van der Waals surface area (Å²) in [6.07, 6.45) is -1.66. The molecular weight excluding hydrogens is 375 g/mol. The van der Waals surface area contributed by atoms with Crippen molar-refractivity contribution in [1.29, 1.82) is 0 Å². The van der Waals surface area contributed by atoms with Gasteiger partial charge in [0.05, 0.1) is 5.56 Å². The van der Waals surface area contributed by atoms with Crippen LogP contribution in [-0.2, 0) is 0 Å². The van der Waals surface area contributed by atoms with E-state index in [1.807, 2.05) is 0 Å². The molecule has 14 heavy (non-hydrogen) atoms. The maximum absolute atomic E-state index is 12.5. The summed E-state index contributed by atoms with van der Waals surface area (Å²) in [4.78, 5) is 14.0. The van der Waals surface area contributed by atoms with E-state index in [-0.39, 0.29) is 3.57 Å². The van der Waals surface area contributed by atoms with Crippen molar-refractivity contribution < 1.29 is 18.7 Å². The van der Waals surface area contributed by atoms with Gasteiger partial charge in [-0.2, -0.15) is 0 Å². The van der Waals surface area contributed by atoms with Gasteiger partial charge in [0.1, 0.15) is 0 Å². The molecule has 76 valence electrons. The quantitative estimate of drug-likeness (QED) is 0.806. The number of nitrogens with zero attached hydrogens (tertiary/aromatic N) is 1. The number of halogens is 4. The Morgan fingerprint density at radius 1 is 1.64 bits per heavy atom. The number of alkyl halides is 2. The molecule has 3 nitrogen and oxygen atoms in total. The van der Waals surface area contributed by atoms with Crippen molar-refractivity contribution in [2.24, 2.45) is 0 Å². The van der Waals surface area contributed by atoms with Crippen LogP contribution in [0.25, 0.3) is 0 Å². The molecule has 0 atom stereocenters. The predicted octanol–water partition coefficient (Wildman–Crippen LogP) is 3.08. The zero-order valence-electron chi connectivity index (χ0n) is 6.47. The highest BCUT2D eigenvalue weighted by molar-refractivity contribution is 14.1. The fourth-order valence-electron chi connectivity index (χ4n) is 0.850. The molecule has 0 saturated carbocycles. The summed E-state index contributed by atoms with van der Waals surface area (Å²) in [5.41, 5.74) is -1.15. The maximum atomic E-state index is 12.5. The third-order valence-electron chi connectivity index (χ3n) is 1.43. The molecule has 0 radical (unpaired) electrons. The third-order valence-corrected chi connectivity index (χ3v) is 3.93. The summed E-state index contributed by atoms with van der Waals surface area (Å²) in [6.45, 7) is 0. The number of pyridine rings is 1. The first-order valence-electron chi connectivity index (χ1n) is 3.30. The minimum absolute atomic E-state index is 0.171. The molecule has 1 heterocycles. The van der Waals surface area contributed by atoms with Gasteiger partial charge in [-0.05, 0) is 38.5 Å². The molecule has 0 amide bonds. The zero-order valence-corrected chi connectivity index (χ0v) is 10.2. The van der Waals surface area contributed by atoms with E-state index in [0.717, 1.165) is 0 Å². The first-order chi connectivity index (χ1) is 6.45. The van der Waals surface area contributed by atoms with Crippen LogP contribution in [0.3, 0.4) is 0 Å². The van der Waals surface area contributed by atoms with Crippen molar-refractivity contribution >= 4 is 44.5 Å². The van der Waals surface area contributed by atoms with Gasteiger partial charge in [-0.1, -0.05) is 0 Å². The van der Waals surface area contributed by atoms with Crippen LogP contribution >= 0.6 is 38.5 Å². The zero-order chi connectivity index (χ0) is 10.9. The van der Waals surface area contributed by atoms with Gasteiger partial charge in [-0.25, -0.2) is 18.6 Å². The van der Waals surface area contributed by atoms with E-state index in [0.29, 0.717) is 4.47 Å². The van der Waals surface area contributed by atoms with Crippen LogP contribution in [0.2, 0.25) is 0 Å². The summed E-state index contributed by atoms with van der Waals surface area (Å²) in [6, 6.07) is 0. The molecule has 0 spiro atoms. The average Bonchev–Trinajstić information content (AvgIpc) is 2.08. The molecule has 1 aromatic heterocycles. The largest absolute Gasteiger partial charge is 0.476 e.